The number of carbonyl (C=O) groups is 1. The number of hydrogen-bond donors (Lipinski definition) is 0. The van der Waals surface area contributed by atoms with Crippen LogP contribution in [0.5, 0.6) is 0 Å². The molecule has 0 amide bonds. The van der Waals surface area contributed by atoms with Gasteiger partial charge < -0.3 is 4.57 Å². The summed E-state index contributed by atoms with van der Waals surface area (Å²) in [7, 11) is 2.03. The summed E-state index contributed by atoms with van der Waals surface area (Å²) in [6, 6.07) is 8.12. The van der Waals surface area contributed by atoms with Crippen LogP contribution in [0.2, 0.25) is 0 Å². The van der Waals surface area contributed by atoms with E-state index in [-0.39, 0.29) is 0 Å². The molecule has 2 aromatic rings. The maximum Gasteiger partial charge on any atom is 0.132 e. The van der Waals surface area contributed by atoms with Crippen LogP contribution >= 0.6 is 0 Å². The molecular weight excluding hydrogens is 212 g/mol. The van der Waals surface area contributed by atoms with Crippen LogP contribution in [0.25, 0.3) is 11.0 Å². The molecule has 0 saturated carbocycles. The topological polar surface area (TPSA) is 34.9 Å². The Morgan fingerprint density at radius 1 is 1.35 bits per heavy atom. The number of Topliss-reactive ketones (excluding diaryl/α,β-unsaturated/α-hetero) is 1. The van der Waals surface area contributed by atoms with Crippen LogP contribution in [0.4, 0.5) is 0 Å². The lowest BCUT2D eigenvalue weighted by Gasteiger charge is -2.01. The minimum Gasteiger partial charge on any atom is -0.331 e. The molecular formula is C14H18N2O. The SMILES string of the molecule is CCC(=O)CCCc1nc2ccccc2n1C. The van der Waals surface area contributed by atoms with Crippen LogP contribution in [0.1, 0.15) is 32.0 Å². The van der Waals surface area contributed by atoms with Gasteiger partial charge in [0, 0.05) is 26.3 Å². The maximum absolute atomic E-state index is 11.2. The van der Waals surface area contributed by atoms with Gasteiger partial charge in [0.05, 0.1) is 11.0 Å². The van der Waals surface area contributed by atoms with Gasteiger partial charge in [-0.05, 0) is 18.6 Å². The van der Waals surface area contributed by atoms with E-state index in [1.165, 1.54) is 0 Å². The Kier molecular flexibility index (Phi) is 3.57. The van der Waals surface area contributed by atoms with E-state index in [1.807, 2.05) is 32.2 Å². The first kappa shape index (κ1) is 11.8. The highest BCUT2D eigenvalue weighted by Crippen LogP contribution is 2.15. The van der Waals surface area contributed by atoms with Crippen molar-refractivity contribution in [1.82, 2.24) is 9.55 Å². The first-order valence-electron chi connectivity index (χ1n) is 6.14. The molecule has 1 aromatic heterocycles. The van der Waals surface area contributed by atoms with Gasteiger partial charge in [-0.25, -0.2) is 4.98 Å². The highest BCUT2D eigenvalue weighted by Gasteiger charge is 2.07. The van der Waals surface area contributed by atoms with Crippen LogP contribution in [0.3, 0.4) is 0 Å². The molecule has 3 heteroatoms. The van der Waals surface area contributed by atoms with Crippen molar-refractivity contribution in [3.8, 4) is 0 Å². The second kappa shape index (κ2) is 5.13. The molecule has 0 spiro atoms. The molecule has 0 bridgehead atoms. The number of aromatic nitrogens is 2. The predicted molar refractivity (Wildman–Crippen MR) is 69.0 cm³/mol. The molecule has 1 heterocycles. The summed E-state index contributed by atoms with van der Waals surface area (Å²) in [5.41, 5.74) is 2.19. The van der Waals surface area contributed by atoms with Crippen molar-refractivity contribution in [3.63, 3.8) is 0 Å². The summed E-state index contributed by atoms with van der Waals surface area (Å²) < 4.78 is 2.12. The third-order valence-electron chi connectivity index (χ3n) is 3.13. The fraction of sp³-hybridized carbons (Fsp3) is 0.429. The van der Waals surface area contributed by atoms with Crippen molar-refractivity contribution >= 4 is 16.8 Å². The zero-order valence-electron chi connectivity index (χ0n) is 10.4. The van der Waals surface area contributed by atoms with Crippen molar-refractivity contribution in [2.24, 2.45) is 7.05 Å². The number of rotatable bonds is 5. The Balaban J connectivity index is 2.09. The molecule has 0 atom stereocenters. The fourth-order valence-corrected chi connectivity index (χ4v) is 2.04. The molecule has 0 saturated heterocycles. The third kappa shape index (κ3) is 2.54. The van der Waals surface area contributed by atoms with E-state index in [1.54, 1.807) is 0 Å². The number of imidazole rings is 1. The second-order valence-electron chi connectivity index (χ2n) is 4.32. The Morgan fingerprint density at radius 2 is 2.12 bits per heavy atom. The van der Waals surface area contributed by atoms with Gasteiger partial charge in [-0.1, -0.05) is 19.1 Å². The van der Waals surface area contributed by atoms with E-state index < -0.39 is 0 Å². The van der Waals surface area contributed by atoms with E-state index >= 15 is 0 Å². The van der Waals surface area contributed by atoms with Crippen LogP contribution in [-0.2, 0) is 18.3 Å². The Hall–Kier alpha value is -1.64. The summed E-state index contributed by atoms with van der Waals surface area (Å²) in [5.74, 6) is 1.40. The molecule has 0 N–H and O–H groups in total. The van der Waals surface area contributed by atoms with Gasteiger partial charge in [-0.15, -0.1) is 0 Å². The smallest absolute Gasteiger partial charge is 0.132 e. The van der Waals surface area contributed by atoms with E-state index in [9.17, 15) is 4.79 Å². The van der Waals surface area contributed by atoms with E-state index in [0.29, 0.717) is 18.6 Å². The molecule has 0 fully saturated rings. The van der Waals surface area contributed by atoms with Crippen molar-refractivity contribution in [2.75, 3.05) is 0 Å². The highest BCUT2D eigenvalue weighted by molar-refractivity contribution is 5.78. The third-order valence-corrected chi connectivity index (χ3v) is 3.13. The number of para-hydroxylation sites is 2. The molecule has 90 valence electrons. The summed E-state index contributed by atoms with van der Waals surface area (Å²) in [6.07, 6.45) is 3.07. The van der Waals surface area contributed by atoms with Crippen molar-refractivity contribution < 1.29 is 4.79 Å². The van der Waals surface area contributed by atoms with Gasteiger partial charge in [0.25, 0.3) is 0 Å². The van der Waals surface area contributed by atoms with Gasteiger partial charge in [0.2, 0.25) is 0 Å². The van der Waals surface area contributed by atoms with Gasteiger partial charge in [0.15, 0.2) is 0 Å². The summed E-state index contributed by atoms with van der Waals surface area (Å²) in [5, 5.41) is 0. The van der Waals surface area contributed by atoms with E-state index in [2.05, 4.69) is 15.6 Å². The second-order valence-corrected chi connectivity index (χ2v) is 4.32. The lowest BCUT2D eigenvalue weighted by Crippen LogP contribution is -2.01. The lowest BCUT2D eigenvalue weighted by molar-refractivity contribution is -0.118. The average Bonchev–Trinajstić information content (AvgIpc) is 2.67. The summed E-state index contributed by atoms with van der Waals surface area (Å²) >= 11 is 0. The number of carbonyl (C=O) groups excluding carboxylic acids is 1. The first-order valence-corrected chi connectivity index (χ1v) is 6.14. The van der Waals surface area contributed by atoms with E-state index in [4.69, 9.17) is 0 Å². The number of benzene rings is 1. The van der Waals surface area contributed by atoms with Gasteiger partial charge in [-0.2, -0.15) is 0 Å². The van der Waals surface area contributed by atoms with Crippen molar-refractivity contribution in [1.29, 1.82) is 0 Å². The predicted octanol–water partition coefficient (Wildman–Crippen LogP) is 2.88. The molecule has 0 radical (unpaired) electrons. The Bertz CT molecular complexity index is 528. The molecule has 1 aromatic carbocycles. The Morgan fingerprint density at radius 3 is 2.82 bits per heavy atom. The zero-order valence-corrected chi connectivity index (χ0v) is 10.4. The number of aryl methyl sites for hydroxylation is 2. The minimum atomic E-state index is 0.337. The highest BCUT2D eigenvalue weighted by atomic mass is 16.1. The quantitative estimate of drug-likeness (QED) is 0.791. The van der Waals surface area contributed by atoms with Gasteiger partial charge in [-0.3, -0.25) is 4.79 Å². The minimum absolute atomic E-state index is 0.337. The number of hydrogen-bond acceptors (Lipinski definition) is 2. The number of ketones is 1. The molecule has 3 nitrogen and oxygen atoms in total. The number of fused-ring (bicyclic) bond motifs is 1. The van der Waals surface area contributed by atoms with Crippen LogP contribution in [-0.4, -0.2) is 15.3 Å². The molecule has 0 unspecified atom stereocenters. The maximum atomic E-state index is 11.2. The lowest BCUT2D eigenvalue weighted by atomic mass is 10.1. The van der Waals surface area contributed by atoms with Crippen molar-refractivity contribution in [2.45, 2.75) is 32.6 Å². The molecule has 2 rings (SSSR count). The van der Waals surface area contributed by atoms with Gasteiger partial charge in [0.1, 0.15) is 11.6 Å². The van der Waals surface area contributed by atoms with Crippen LogP contribution in [0, 0.1) is 0 Å². The fourth-order valence-electron chi connectivity index (χ4n) is 2.04. The molecule has 0 aliphatic carbocycles. The average molecular weight is 230 g/mol. The molecule has 0 aliphatic rings. The summed E-state index contributed by atoms with van der Waals surface area (Å²) in [6.45, 7) is 1.91. The van der Waals surface area contributed by atoms with Gasteiger partial charge >= 0.3 is 0 Å². The standard InChI is InChI=1S/C14H18N2O/c1-3-11(17)7-6-10-14-15-12-8-4-5-9-13(12)16(14)2/h4-5,8-9H,3,6-7,10H2,1-2H3. The Labute approximate surface area is 101 Å². The van der Waals surface area contributed by atoms with E-state index in [0.717, 1.165) is 29.7 Å². The monoisotopic (exact) mass is 230 g/mol. The first-order chi connectivity index (χ1) is 8.22. The number of nitrogens with zero attached hydrogens (tertiary/aromatic N) is 2. The largest absolute Gasteiger partial charge is 0.331 e. The van der Waals surface area contributed by atoms with Crippen LogP contribution in [0.15, 0.2) is 24.3 Å². The molecule has 17 heavy (non-hydrogen) atoms. The summed E-state index contributed by atoms with van der Waals surface area (Å²) in [4.78, 5) is 15.8. The molecule has 0 aliphatic heterocycles. The zero-order chi connectivity index (χ0) is 12.3. The van der Waals surface area contributed by atoms with Crippen LogP contribution < -0.4 is 0 Å². The van der Waals surface area contributed by atoms with Crippen molar-refractivity contribution in [3.05, 3.63) is 30.1 Å². The normalized spacial score (nSPS) is 10.9.